The van der Waals surface area contributed by atoms with Crippen molar-refractivity contribution in [1.82, 2.24) is 15.2 Å². The molecular formula is C13H15N3OS. The number of carbonyl (C=O) groups is 1. The fourth-order valence-corrected chi connectivity index (χ4v) is 3.12. The van der Waals surface area contributed by atoms with Gasteiger partial charge in [0.2, 0.25) is 0 Å². The number of rotatable bonds is 2. The van der Waals surface area contributed by atoms with Crippen molar-refractivity contribution in [2.75, 3.05) is 0 Å². The minimum Gasteiger partial charge on any atom is -0.331 e. The number of carbonyl (C=O) groups excluding carboxylic acids is 1. The van der Waals surface area contributed by atoms with Crippen molar-refractivity contribution in [2.24, 2.45) is 0 Å². The van der Waals surface area contributed by atoms with Crippen molar-refractivity contribution in [3.63, 3.8) is 0 Å². The largest absolute Gasteiger partial charge is 0.331 e. The van der Waals surface area contributed by atoms with E-state index in [1.54, 1.807) is 11.3 Å². The molecule has 0 fully saturated rings. The minimum absolute atomic E-state index is 0.0203. The van der Waals surface area contributed by atoms with Gasteiger partial charge in [-0.1, -0.05) is 0 Å². The summed E-state index contributed by atoms with van der Waals surface area (Å²) >= 11 is 1.59. The summed E-state index contributed by atoms with van der Waals surface area (Å²) in [5, 5.41) is 9.34. The second-order valence-corrected chi connectivity index (χ2v) is 5.56. The molecule has 3 rings (SSSR count). The Hall–Kier alpha value is -1.59. The lowest BCUT2D eigenvalue weighted by Gasteiger charge is -2.21. The highest BCUT2D eigenvalue weighted by atomic mass is 32.1. The summed E-state index contributed by atoms with van der Waals surface area (Å²) < 4.78 is 2.08. The van der Waals surface area contributed by atoms with E-state index in [9.17, 15) is 4.79 Å². The first kappa shape index (κ1) is 11.5. The van der Waals surface area contributed by atoms with Crippen molar-refractivity contribution < 1.29 is 4.79 Å². The van der Waals surface area contributed by atoms with Gasteiger partial charge in [0.15, 0.2) is 0 Å². The third kappa shape index (κ3) is 1.76. The first-order valence-corrected chi connectivity index (χ1v) is 6.87. The maximum atomic E-state index is 12.2. The quantitative estimate of drug-likeness (QED) is 0.871. The molecule has 0 aromatic carbocycles. The molecule has 1 atom stereocenters. The van der Waals surface area contributed by atoms with Gasteiger partial charge in [0.05, 0.1) is 11.3 Å². The van der Waals surface area contributed by atoms with Crippen LogP contribution in [0.3, 0.4) is 0 Å². The third-order valence-electron chi connectivity index (χ3n) is 2.96. The number of nitrogens with one attached hydrogen (secondary N) is 2. The first-order chi connectivity index (χ1) is 8.66. The van der Waals surface area contributed by atoms with E-state index in [4.69, 9.17) is 0 Å². The summed E-state index contributed by atoms with van der Waals surface area (Å²) in [6, 6.07) is 6.21. The average Bonchev–Trinajstić information content (AvgIpc) is 2.94. The highest BCUT2D eigenvalue weighted by Gasteiger charge is 2.27. The van der Waals surface area contributed by atoms with Crippen molar-refractivity contribution in [1.29, 1.82) is 0 Å². The highest BCUT2D eigenvalue weighted by Crippen LogP contribution is 2.29. The van der Waals surface area contributed by atoms with Crippen LogP contribution in [-0.2, 0) is 0 Å². The monoisotopic (exact) mass is 261 g/mol. The van der Waals surface area contributed by atoms with Crippen molar-refractivity contribution >= 4 is 17.2 Å². The average molecular weight is 261 g/mol. The molecule has 1 amide bonds. The molecule has 0 spiro atoms. The van der Waals surface area contributed by atoms with E-state index in [1.807, 2.05) is 29.8 Å². The Kier molecular flexibility index (Phi) is 2.72. The predicted molar refractivity (Wildman–Crippen MR) is 72.1 cm³/mol. The maximum absolute atomic E-state index is 12.2. The van der Waals surface area contributed by atoms with Crippen molar-refractivity contribution in [3.8, 4) is 5.00 Å². The summed E-state index contributed by atoms with van der Waals surface area (Å²) in [5.74, 6) is -0.0203. The van der Waals surface area contributed by atoms with E-state index < -0.39 is 0 Å². The Labute approximate surface area is 110 Å². The lowest BCUT2D eigenvalue weighted by Crippen LogP contribution is -2.40. The van der Waals surface area contributed by atoms with Crippen LogP contribution >= 0.6 is 11.3 Å². The summed E-state index contributed by atoms with van der Waals surface area (Å²) in [7, 11) is 0. The number of fused-ring (bicyclic) bond motifs is 3. The predicted octanol–water partition coefficient (Wildman–Crippen LogP) is 2.28. The van der Waals surface area contributed by atoms with Gasteiger partial charge in [-0.05, 0) is 37.4 Å². The van der Waals surface area contributed by atoms with E-state index >= 15 is 0 Å². The summed E-state index contributed by atoms with van der Waals surface area (Å²) in [5.41, 5.74) is 1.81. The molecule has 1 unspecified atom stereocenters. The van der Waals surface area contributed by atoms with E-state index in [0.717, 1.165) is 16.3 Å². The summed E-state index contributed by atoms with van der Waals surface area (Å²) in [4.78, 5) is 12.2. The smallest absolute Gasteiger partial charge is 0.255 e. The molecule has 0 bridgehead atoms. The fourth-order valence-electron chi connectivity index (χ4n) is 2.22. The summed E-state index contributed by atoms with van der Waals surface area (Å²) in [6.07, 6.45) is 1.85. The molecule has 94 valence electrons. The van der Waals surface area contributed by atoms with Crippen LogP contribution in [-0.4, -0.2) is 16.5 Å². The molecule has 3 heterocycles. The molecular weight excluding hydrogens is 246 g/mol. The van der Waals surface area contributed by atoms with E-state index in [1.165, 1.54) is 0 Å². The van der Waals surface area contributed by atoms with Gasteiger partial charge in [-0.3, -0.25) is 10.1 Å². The Morgan fingerprint density at radius 2 is 2.28 bits per heavy atom. The van der Waals surface area contributed by atoms with Gasteiger partial charge >= 0.3 is 0 Å². The van der Waals surface area contributed by atoms with Crippen LogP contribution in [0, 0.1) is 0 Å². The molecule has 0 radical (unpaired) electrons. The zero-order valence-electron chi connectivity index (χ0n) is 10.3. The van der Waals surface area contributed by atoms with Crippen LogP contribution in [0.5, 0.6) is 0 Å². The van der Waals surface area contributed by atoms with Crippen LogP contribution in [0.4, 0.5) is 0 Å². The number of hydrogen-bond donors (Lipinski definition) is 2. The molecule has 0 saturated heterocycles. The second kappa shape index (κ2) is 4.26. The Bertz CT molecular complexity index is 585. The highest BCUT2D eigenvalue weighted by molar-refractivity contribution is 7.13. The van der Waals surface area contributed by atoms with Gasteiger partial charge in [0.25, 0.3) is 5.91 Å². The third-order valence-corrected chi connectivity index (χ3v) is 3.87. The van der Waals surface area contributed by atoms with Crippen LogP contribution in [0.25, 0.3) is 5.00 Å². The molecule has 2 aromatic rings. The normalized spacial score (nSPS) is 18.2. The van der Waals surface area contributed by atoms with Gasteiger partial charge in [-0.2, -0.15) is 0 Å². The number of nitrogens with zero attached hydrogens (tertiary/aromatic N) is 1. The minimum atomic E-state index is -0.146. The number of aromatic nitrogens is 1. The SMILES string of the molecule is CC(C)NC1NC(=O)c2ccsc2-n2cccc21. The second-order valence-electron chi connectivity index (χ2n) is 4.67. The molecule has 0 saturated carbocycles. The molecule has 5 heteroatoms. The van der Waals surface area contributed by atoms with E-state index in [-0.39, 0.29) is 12.1 Å². The van der Waals surface area contributed by atoms with Crippen LogP contribution in [0.1, 0.15) is 36.1 Å². The van der Waals surface area contributed by atoms with Crippen molar-refractivity contribution in [2.45, 2.75) is 26.1 Å². The molecule has 1 aliphatic rings. The topological polar surface area (TPSA) is 46.1 Å². The lowest BCUT2D eigenvalue weighted by atomic mass is 10.2. The Balaban J connectivity index is 2.11. The number of amides is 1. The summed E-state index contributed by atoms with van der Waals surface area (Å²) in [6.45, 7) is 4.14. The number of hydrogen-bond acceptors (Lipinski definition) is 3. The Morgan fingerprint density at radius 1 is 1.44 bits per heavy atom. The van der Waals surface area contributed by atoms with Gasteiger partial charge in [-0.25, -0.2) is 0 Å². The van der Waals surface area contributed by atoms with Crippen LogP contribution in [0.2, 0.25) is 0 Å². The standard InChI is InChI=1S/C13H15N3OS/c1-8(2)14-11-10-4-3-6-16(10)13-9(5-7-18-13)12(17)15-11/h3-8,11,14H,1-2H3,(H,15,17). The van der Waals surface area contributed by atoms with Gasteiger partial charge in [0, 0.05) is 12.2 Å². The first-order valence-electron chi connectivity index (χ1n) is 5.99. The zero-order valence-corrected chi connectivity index (χ0v) is 11.1. The molecule has 4 nitrogen and oxygen atoms in total. The number of thiophene rings is 1. The van der Waals surface area contributed by atoms with Crippen molar-refractivity contribution in [3.05, 3.63) is 41.0 Å². The zero-order chi connectivity index (χ0) is 12.7. The molecule has 0 aliphatic carbocycles. The van der Waals surface area contributed by atoms with Gasteiger partial charge in [0.1, 0.15) is 11.2 Å². The maximum Gasteiger partial charge on any atom is 0.255 e. The van der Waals surface area contributed by atoms with Crippen LogP contribution in [0.15, 0.2) is 29.8 Å². The van der Waals surface area contributed by atoms with E-state index in [0.29, 0.717) is 6.04 Å². The Morgan fingerprint density at radius 3 is 3.06 bits per heavy atom. The molecule has 2 aromatic heterocycles. The molecule has 18 heavy (non-hydrogen) atoms. The lowest BCUT2D eigenvalue weighted by molar-refractivity contribution is 0.0929. The fraction of sp³-hybridized carbons (Fsp3) is 0.308. The van der Waals surface area contributed by atoms with Crippen LogP contribution < -0.4 is 10.6 Å². The van der Waals surface area contributed by atoms with E-state index in [2.05, 4.69) is 29.0 Å². The molecule has 1 aliphatic heterocycles. The molecule has 2 N–H and O–H groups in total. The van der Waals surface area contributed by atoms with Gasteiger partial charge in [-0.15, -0.1) is 11.3 Å². The van der Waals surface area contributed by atoms with Gasteiger partial charge < -0.3 is 9.88 Å².